The normalized spacial score (nSPS) is 13.7. The highest BCUT2D eigenvalue weighted by Gasteiger charge is 2.19. The molecule has 0 bridgehead atoms. The van der Waals surface area contributed by atoms with Crippen molar-refractivity contribution in [2.24, 2.45) is 0 Å². The summed E-state index contributed by atoms with van der Waals surface area (Å²) in [6.07, 6.45) is -0.800. The molecule has 3 aromatic rings. The highest BCUT2D eigenvalue weighted by molar-refractivity contribution is 7.98. The summed E-state index contributed by atoms with van der Waals surface area (Å²) in [4.78, 5) is 13.2. The second-order valence-corrected chi connectivity index (χ2v) is 8.06. The maximum atomic E-state index is 13.8. The fraction of sp³-hybridized carbons (Fsp3) is 0.353. The second-order valence-electron chi connectivity index (χ2n) is 5.92. The van der Waals surface area contributed by atoms with Crippen molar-refractivity contribution in [1.82, 2.24) is 15.0 Å². The molecule has 0 saturated carbocycles. The van der Waals surface area contributed by atoms with E-state index < -0.39 is 23.8 Å². The highest BCUT2D eigenvalue weighted by atomic mass is 32.2. The van der Waals surface area contributed by atoms with Crippen molar-refractivity contribution in [3.05, 3.63) is 40.4 Å². The van der Waals surface area contributed by atoms with E-state index in [1.165, 1.54) is 23.5 Å². The summed E-state index contributed by atoms with van der Waals surface area (Å²) in [5.74, 6) is -1.20. The Morgan fingerprint density at radius 2 is 2.04 bits per heavy atom. The van der Waals surface area contributed by atoms with Crippen LogP contribution in [0, 0.1) is 18.6 Å². The topological polar surface area (TPSA) is 91.2 Å². The van der Waals surface area contributed by atoms with Crippen LogP contribution in [0.5, 0.6) is 0 Å². The quantitative estimate of drug-likeness (QED) is 0.406. The zero-order valence-electron chi connectivity index (χ0n) is 14.6. The van der Waals surface area contributed by atoms with E-state index in [2.05, 4.69) is 20.3 Å². The summed E-state index contributed by atoms with van der Waals surface area (Å²) in [6, 6.07) is 3.41. The summed E-state index contributed by atoms with van der Waals surface area (Å²) in [5.41, 5.74) is 0.685. The van der Waals surface area contributed by atoms with E-state index in [4.69, 9.17) is 0 Å². The lowest BCUT2D eigenvalue weighted by atomic mass is 10.2. The van der Waals surface area contributed by atoms with Gasteiger partial charge in [0.15, 0.2) is 28.3 Å². The Kier molecular flexibility index (Phi) is 6.20. The number of rotatable bonds is 7. The number of nitrogens with zero attached hydrogens (tertiary/aromatic N) is 3. The molecule has 27 heavy (non-hydrogen) atoms. The Balaban J connectivity index is 1.90. The van der Waals surface area contributed by atoms with Gasteiger partial charge in [0.1, 0.15) is 4.70 Å². The van der Waals surface area contributed by atoms with E-state index in [9.17, 15) is 19.0 Å². The minimum absolute atomic E-state index is 0.150. The highest BCUT2D eigenvalue weighted by Crippen LogP contribution is 2.31. The van der Waals surface area contributed by atoms with Crippen LogP contribution in [0.15, 0.2) is 23.4 Å². The first-order valence-corrected chi connectivity index (χ1v) is 9.95. The summed E-state index contributed by atoms with van der Waals surface area (Å²) >= 11 is 2.54. The summed E-state index contributed by atoms with van der Waals surface area (Å²) in [7, 11) is 0. The largest absolute Gasteiger partial charge is 0.394 e. The van der Waals surface area contributed by atoms with Crippen molar-refractivity contribution < 1.29 is 19.0 Å². The van der Waals surface area contributed by atoms with Crippen molar-refractivity contribution in [2.75, 3.05) is 11.9 Å². The van der Waals surface area contributed by atoms with Crippen LogP contribution < -0.4 is 5.32 Å². The van der Waals surface area contributed by atoms with Gasteiger partial charge in [0.2, 0.25) is 0 Å². The van der Waals surface area contributed by atoms with Crippen LogP contribution in [-0.2, 0) is 5.75 Å². The number of fused-ring (bicyclic) bond motifs is 1. The molecule has 3 N–H and O–H groups in total. The predicted octanol–water partition coefficient (Wildman–Crippen LogP) is 3.12. The van der Waals surface area contributed by atoms with Crippen molar-refractivity contribution in [3.63, 3.8) is 0 Å². The number of benzene rings is 1. The first-order chi connectivity index (χ1) is 12.9. The molecule has 0 aliphatic carbocycles. The van der Waals surface area contributed by atoms with Crippen LogP contribution in [0.2, 0.25) is 0 Å². The third-order valence-electron chi connectivity index (χ3n) is 3.83. The van der Waals surface area contributed by atoms with Gasteiger partial charge in [0.25, 0.3) is 0 Å². The second kappa shape index (κ2) is 8.42. The van der Waals surface area contributed by atoms with Crippen LogP contribution >= 0.6 is 23.1 Å². The number of aryl methyl sites for hydroxylation is 1. The molecule has 2 atom stereocenters. The number of halogens is 2. The number of aliphatic hydroxyl groups is 2. The van der Waals surface area contributed by atoms with Crippen LogP contribution in [0.1, 0.15) is 17.5 Å². The predicted molar refractivity (Wildman–Crippen MR) is 102 cm³/mol. The molecule has 0 radical (unpaired) electrons. The molecule has 2 aromatic heterocycles. The molecule has 6 nitrogen and oxygen atoms in total. The third-order valence-corrected chi connectivity index (χ3v) is 5.69. The molecule has 0 unspecified atom stereocenters. The van der Waals surface area contributed by atoms with Gasteiger partial charge >= 0.3 is 0 Å². The van der Waals surface area contributed by atoms with Crippen LogP contribution in [-0.4, -0.2) is 43.9 Å². The molecule has 10 heteroatoms. The maximum Gasteiger partial charge on any atom is 0.191 e. The number of aliphatic hydroxyl groups excluding tert-OH is 2. The molecule has 1 aromatic carbocycles. The lowest BCUT2D eigenvalue weighted by molar-refractivity contribution is 0.132. The van der Waals surface area contributed by atoms with Crippen molar-refractivity contribution >= 4 is 39.3 Å². The van der Waals surface area contributed by atoms with E-state index in [1.807, 2.05) is 6.92 Å². The van der Waals surface area contributed by atoms with E-state index in [-0.39, 0.29) is 17.9 Å². The molecule has 2 heterocycles. The first-order valence-electron chi connectivity index (χ1n) is 8.15. The van der Waals surface area contributed by atoms with Gasteiger partial charge in [-0.3, -0.25) is 0 Å². The maximum absolute atomic E-state index is 13.8. The van der Waals surface area contributed by atoms with Crippen molar-refractivity contribution in [3.8, 4) is 0 Å². The fourth-order valence-electron chi connectivity index (χ4n) is 2.37. The van der Waals surface area contributed by atoms with Gasteiger partial charge in [0.05, 0.1) is 23.8 Å². The average Bonchev–Trinajstić information content (AvgIpc) is 3.00. The zero-order valence-corrected chi connectivity index (χ0v) is 16.2. The molecule has 0 saturated heterocycles. The monoisotopic (exact) mass is 412 g/mol. The lowest BCUT2D eigenvalue weighted by Crippen LogP contribution is -2.35. The van der Waals surface area contributed by atoms with Crippen molar-refractivity contribution in [2.45, 2.75) is 36.9 Å². The Bertz CT molecular complexity index is 952. The van der Waals surface area contributed by atoms with Crippen LogP contribution in [0.25, 0.3) is 10.3 Å². The smallest absolute Gasteiger partial charge is 0.191 e. The van der Waals surface area contributed by atoms with Crippen LogP contribution in [0.4, 0.5) is 14.6 Å². The lowest BCUT2D eigenvalue weighted by Gasteiger charge is -2.20. The fourth-order valence-corrected chi connectivity index (χ4v) is 3.99. The minimum Gasteiger partial charge on any atom is -0.394 e. The standard InChI is InChI=1S/C17H18F2N4O2S2/c1-8(25)12(6-24)21-16-14-15(20-9(2)27-14)22-17(23-16)26-7-10-4-3-5-11(18)13(10)19/h3-5,8,12,24-25H,6-7H2,1-2H3,(H,21,22,23)/t8-,12-/m0/s1. The molecule has 3 rings (SSSR count). The number of hydrogen-bond acceptors (Lipinski definition) is 8. The Morgan fingerprint density at radius 3 is 2.74 bits per heavy atom. The van der Waals surface area contributed by atoms with E-state index in [0.29, 0.717) is 21.3 Å². The molecule has 0 aliphatic rings. The number of nitrogens with one attached hydrogen (secondary N) is 1. The van der Waals surface area contributed by atoms with Gasteiger partial charge in [-0.2, -0.15) is 0 Å². The Morgan fingerprint density at radius 1 is 1.26 bits per heavy atom. The Hall–Kier alpha value is -1.88. The number of thioether (sulfide) groups is 1. The molecular formula is C17H18F2N4O2S2. The minimum atomic E-state index is -0.898. The zero-order chi connectivity index (χ0) is 19.6. The van der Waals surface area contributed by atoms with Gasteiger partial charge in [-0.15, -0.1) is 11.3 Å². The summed E-state index contributed by atoms with van der Waals surface area (Å²) in [5, 5.41) is 23.4. The van der Waals surface area contributed by atoms with Gasteiger partial charge in [0, 0.05) is 11.3 Å². The molecule has 0 spiro atoms. The van der Waals surface area contributed by atoms with E-state index in [1.54, 1.807) is 6.92 Å². The number of thiazole rings is 1. The van der Waals surface area contributed by atoms with Crippen LogP contribution in [0.3, 0.4) is 0 Å². The van der Waals surface area contributed by atoms with Gasteiger partial charge in [-0.05, 0) is 19.9 Å². The first kappa shape index (κ1) is 19.9. The number of hydrogen-bond donors (Lipinski definition) is 3. The van der Waals surface area contributed by atoms with E-state index >= 15 is 0 Å². The van der Waals surface area contributed by atoms with Gasteiger partial charge in [-0.1, -0.05) is 23.9 Å². The SMILES string of the molecule is Cc1nc2nc(SCc3cccc(F)c3F)nc(N[C@@H](CO)[C@H](C)O)c2s1. The molecule has 0 aliphatic heterocycles. The molecule has 0 amide bonds. The number of anilines is 1. The molecular weight excluding hydrogens is 394 g/mol. The molecule has 144 valence electrons. The number of aromatic nitrogens is 3. The molecule has 0 fully saturated rings. The summed E-state index contributed by atoms with van der Waals surface area (Å²) < 4.78 is 27.9. The van der Waals surface area contributed by atoms with Crippen molar-refractivity contribution in [1.29, 1.82) is 0 Å². The third kappa shape index (κ3) is 4.52. The Labute approximate surface area is 162 Å². The average molecular weight is 412 g/mol. The summed E-state index contributed by atoms with van der Waals surface area (Å²) in [6.45, 7) is 3.12. The van der Waals surface area contributed by atoms with Gasteiger partial charge in [-0.25, -0.2) is 23.7 Å². The van der Waals surface area contributed by atoms with E-state index in [0.717, 1.165) is 22.8 Å². The van der Waals surface area contributed by atoms with Gasteiger partial charge < -0.3 is 15.5 Å².